The van der Waals surface area contributed by atoms with Crippen molar-refractivity contribution in [3.05, 3.63) is 78.0 Å². The maximum absolute atomic E-state index is 13.1. The number of Topliss-reactive ketones (excluding diaryl/α,β-unsaturated/α-hetero) is 1. The predicted octanol–water partition coefficient (Wildman–Crippen LogP) is 5.99. The molecule has 3 aromatic carbocycles. The Morgan fingerprint density at radius 2 is 1.68 bits per heavy atom. The molecule has 25 heavy (non-hydrogen) atoms. The van der Waals surface area contributed by atoms with Crippen molar-refractivity contribution >= 4 is 39.2 Å². The first-order valence-electron chi connectivity index (χ1n) is 8.40. The third kappa shape index (κ3) is 2.96. The Kier molecular flexibility index (Phi) is 4.10. The maximum Gasteiger partial charge on any atom is 0.178 e. The number of aromatic amines is 1. The molecular formula is C22H19NOS. The zero-order chi connectivity index (χ0) is 17.4. The van der Waals surface area contributed by atoms with Crippen molar-refractivity contribution in [1.29, 1.82) is 0 Å². The van der Waals surface area contributed by atoms with Crippen molar-refractivity contribution in [2.75, 3.05) is 0 Å². The van der Waals surface area contributed by atoms with Crippen LogP contribution in [0.3, 0.4) is 0 Å². The molecule has 1 atom stereocenters. The molecule has 0 aliphatic rings. The lowest BCUT2D eigenvalue weighted by Crippen LogP contribution is -2.14. The van der Waals surface area contributed by atoms with E-state index in [1.807, 2.05) is 50.2 Å². The number of nitrogens with one attached hydrogen (secondary N) is 1. The molecule has 0 radical (unpaired) electrons. The van der Waals surface area contributed by atoms with Gasteiger partial charge in [0.25, 0.3) is 0 Å². The number of aromatic nitrogens is 1. The second-order valence-electron chi connectivity index (χ2n) is 6.30. The Bertz CT molecular complexity index is 1080. The minimum absolute atomic E-state index is 0.140. The average Bonchev–Trinajstić information content (AvgIpc) is 2.96. The molecule has 0 aliphatic heterocycles. The summed E-state index contributed by atoms with van der Waals surface area (Å²) in [5.74, 6) is 0.174. The molecule has 0 saturated carbocycles. The third-order valence-electron chi connectivity index (χ3n) is 4.54. The molecular weight excluding hydrogens is 326 g/mol. The van der Waals surface area contributed by atoms with Gasteiger partial charge in [-0.3, -0.25) is 4.79 Å². The van der Waals surface area contributed by atoms with Crippen molar-refractivity contribution in [2.24, 2.45) is 0 Å². The number of aryl methyl sites for hydroxylation is 1. The van der Waals surface area contributed by atoms with Crippen LogP contribution in [0.25, 0.3) is 21.7 Å². The van der Waals surface area contributed by atoms with Gasteiger partial charge in [0.1, 0.15) is 0 Å². The van der Waals surface area contributed by atoms with E-state index in [0.717, 1.165) is 27.1 Å². The third-order valence-corrected chi connectivity index (χ3v) is 5.64. The van der Waals surface area contributed by atoms with Crippen LogP contribution in [0, 0.1) is 6.92 Å². The molecule has 1 heterocycles. The van der Waals surface area contributed by atoms with Gasteiger partial charge in [0.05, 0.1) is 5.25 Å². The molecule has 0 bridgehead atoms. The summed E-state index contributed by atoms with van der Waals surface area (Å²) in [6.07, 6.45) is 0. The van der Waals surface area contributed by atoms with E-state index in [1.165, 1.54) is 10.8 Å². The zero-order valence-electron chi connectivity index (χ0n) is 14.2. The van der Waals surface area contributed by atoms with Gasteiger partial charge in [0.15, 0.2) is 5.78 Å². The molecule has 2 nitrogen and oxygen atoms in total. The summed E-state index contributed by atoms with van der Waals surface area (Å²) in [4.78, 5) is 17.5. The fourth-order valence-corrected chi connectivity index (χ4v) is 4.27. The van der Waals surface area contributed by atoms with Gasteiger partial charge in [0.2, 0.25) is 0 Å². The number of hydrogen-bond donors (Lipinski definition) is 1. The van der Waals surface area contributed by atoms with Crippen LogP contribution in [0.4, 0.5) is 0 Å². The number of hydrogen-bond acceptors (Lipinski definition) is 2. The summed E-state index contributed by atoms with van der Waals surface area (Å²) < 4.78 is 0. The van der Waals surface area contributed by atoms with Crippen molar-refractivity contribution < 1.29 is 4.79 Å². The van der Waals surface area contributed by atoms with Gasteiger partial charge in [-0.25, -0.2) is 0 Å². The first kappa shape index (κ1) is 16.0. The second-order valence-corrected chi connectivity index (χ2v) is 7.72. The molecule has 0 aliphatic carbocycles. The average molecular weight is 345 g/mol. The highest BCUT2D eigenvalue weighted by atomic mass is 32.2. The summed E-state index contributed by atoms with van der Waals surface area (Å²) in [7, 11) is 0. The molecule has 4 rings (SSSR count). The summed E-state index contributed by atoms with van der Waals surface area (Å²) in [6, 6.07) is 22.7. The van der Waals surface area contributed by atoms with Gasteiger partial charge < -0.3 is 4.98 Å². The molecule has 4 aromatic rings. The normalized spacial score (nSPS) is 12.6. The monoisotopic (exact) mass is 345 g/mol. The Hall–Kier alpha value is -2.52. The Morgan fingerprint density at radius 3 is 2.52 bits per heavy atom. The molecule has 0 saturated heterocycles. The molecule has 1 aromatic heterocycles. The summed E-state index contributed by atoms with van der Waals surface area (Å²) >= 11 is 1.62. The quantitative estimate of drug-likeness (QED) is 0.364. The summed E-state index contributed by atoms with van der Waals surface area (Å²) in [6.45, 7) is 3.96. The van der Waals surface area contributed by atoms with Gasteiger partial charge in [-0.1, -0.05) is 48.5 Å². The van der Waals surface area contributed by atoms with Crippen LogP contribution in [0.1, 0.15) is 23.0 Å². The Balaban J connectivity index is 1.64. The van der Waals surface area contributed by atoms with Crippen LogP contribution < -0.4 is 0 Å². The number of carbonyl (C=O) groups is 1. The van der Waals surface area contributed by atoms with Gasteiger partial charge in [-0.15, -0.1) is 11.8 Å². The topological polar surface area (TPSA) is 32.9 Å². The number of benzene rings is 3. The van der Waals surface area contributed by atoms with Crippen LogP contribution >= 0.6 is 11.8 Å². The van der Waals surface area contributed by atoms with Gasteiger partial charge in [-0.2, -0.15) is 0 Å². The van der Waals surface area contributed by atoms with E-state index in [2.05, 4.69) is 35.3 Å². The van der Waals surface area contributed by atoms with E-state index in [-0.39, 0.29) is 11.0 Å². The lowest BCUT2D eigenvalue weighted by Gasteiger charge is -2.11. The lowest BCUT2D eigenvalue weighted by atomic mass is 10.1. The molecule has 124 valence electrons. The largest absolute Gasteiger partial charge is 0.358 e. The second kappa shape index (κ2) is 6.41. The van der Waals surface area contributed by atoms with E-state index in [0.29, 0.717) is 0 Å². The standard InChI is InChI=1S/C22H19NOS/c1-14-21(19-9-5-6-10-20(19)23-14)22(24)15(2)25-18-12-11-16-7-3-4-8-17(16)13-18/h3-13,15,23H,1-2H3/t15-/m0/s1. The molecule has 0 spiro atoms. The molecule has 0 fully saturated rings. The van der Waals surface area contributed by atoms with Crippen molar-refractivity contribution in [3.8, 4) is 0 Å². The van der Waals surface area contributed by atoms with Crippen LogP contribution in [-0.2, 0) is 0 Å². The number of ketones is 1. The smallest absolute Gasteiger partial charge is 0.178 e. The van der Waals surface area contributed by atoms with E-state index < -0.39 is 0 Å². The fraction of sp³-hybridized carbons (Fsp3) is 0.136. The Morgan fingerprint density at radius 1 is 0.960 bits per heavy atom. The highest BCUT2D eigenvalue weighted by Crippen LogP contribution is 2.31. The summed E-state index contributed by atoms with van der Waals surface area (Å²) in [5, 5.41) is 3.30. The fourth-order valence-electron chi connectivity index (χ4n) is 3.30. The number of rotatable bonds is 4. The van der Waals surface area contributed by atoms with Crippen molar-refractivity contribution in [1.82, 2.24) is 4.98 Å². The molecule has 1 N–H and O–H groups in total. The lowest BCUT2D eigenvalue weighted by molar-refractivity contribution is 0.0995. The Labute approximate surface area is 151 Å². The van der Waals surface area contributed by atoms with Crippen LogP contribution in [0.2, 0.25) is 0 Å². The van der Waals surface area contributed by atoms with Crippen molar-refractivity contribution in [3.63, 3.8) is 0 Å². The molecule has 3 heteroatoms. The van der Waals surface area contributed by atoms with E-state index >= 15 is 0 Å². The van der Waals surface area contributed by atoms with E-state index in [1.54, 1.807) is 11.8 Å². The zero-order valence-corrected chi connectivity index (χ0v) is 15.1. The first-order valence-corrected chi connectivity index (χ1v) is 9.28. The van der Waals surface area contributed by atoms with Gasteiger partial charge in [0, 0.05) is 27.1 Å². The number of fused-ring (bicyclic) bond motifs is 2. The first-order chi connectivity index (χ1) is 12.1. The highest BCUT2D eigenvalue weighted by Gasteiger charge is 2.22. The minimum atomic E-state index is -0.140. The predicted molar refractivity (Wildman–Crippen MR) is 107 cm³/mol. The van der Waals surface area contributed by atoms with Crippen LogP contribution in [0.5, 0.6) is 0 Å². The minimum Gasteiger partial charge on any atom is -0.358 e. The van der Waals surface area contributed by atoms with Gasteiger partial charge >= 0.3 is 0 Å². The number of thioether (sulfide) groups is 1. The SMILES string of the molecule is Cc1[nH]c2ccccc2c1C(=O)[C@H](C)Sc1ccc2ccccc2c1. The van der Waals surface area contributed by atoms with Crippen LogP contribution in [0.15, 0.2) is 71.6 Å². The summed E-state index contributed by atoms with van der Waals surface area (Å²) in [5.41, 5.74) is 2.78. The van der Waals surface area contributed by atoms with Gasteiger partial charge in [-0.05, 0) is 42.8 Å². The number of carbonyl (C=O) groups excluding carboxylic acids is 1. The maximum atomic E-state index is 13.1. The highest BCUT2D eigenvalue weighted by molar-refractivity contribution is 8.00. The van der Waals surface area contributed by atoms with E-state index in [9.17, 15) is 4.79 Å². The van der Waals surface area contributed by atoms with Crippen LogP contribution in [-0.4, -0.2) is 16.0 Å². The molecule has 0 unspecified atom stereocenters. The number of para-hydroxylation sites is 1. The number of H-pyrrole nitrogens is 1. The van der Waals surface area contributed by atoms with Crippen molar-refractivity contribution in [2.45, 2.75) is 24.0 Å². The molecule has 0 amide bonds. The van der Waals surface area contributed by atoms with E-state index in [4.69, 9.17) is 0 Å².